The first kappa shape index (κ1) is 19.5. The lowest BCUT2D eigenvalue weighted by Gasteiger charge is -2.31. The summed E-state index contributed by atoms with van der Waals surface area (Å²) in [5.74, 6) is -0.244. The molecule has 0 aromatic heterocycles. The lowest BCUT2D eigenvalue weighted by Crippen LogP contribution is -2.32. The molecule has 1 aliphatic carbocycles. The molecule has 0 unspecified atom stereocenters. The second-order valence-electron chi connectivity index (χ2n) is 7.73. The summed E-state index contributed by atoms with van der Waals surface area (Å²) in [4.78, 5) is 28.1. The average molecular weight is 378 g/mol. The predicted molar refractivity (Wildman–Crippen MR) is 108 cm³/mol. The van der Waals surface area contributed by atoms with Gasteiger partial charge in [0.05, 0.1) is 16.2 Å². The molecule has 0 amide bonds. The number of ketones is 1. The van der Waals surface area contributed by atoms with E-state index < -0.39 is 4.92 Å². The minimum atomic E-state index is -0.498. The Hall–Kier alpha value is -3.28. The summed E-state index contributed by atoms with van der Waals surface area (Å²) in [6, 6.07) is 15.5. The molecule has 1 saturated carbocycles. The average Bonchev–Trinajstić information content (AvgIpc) is 2.61. The van der Waals surface area contributed by atoms with E-state index >= 15 is 0 Å². The largest absolute Gasteiger partial charge is 0.511 e. The lowest BCUT2D eigenvalue weighted by atomic mass is 9.73. The Balaban J connectivity index is 2.10. The van der Waals surface area contributed by atoms with Crippen molar-refractivity contribution in [2.24, 2.45) is 10.4 Å². The standard InChI is InChI=1S/C22H22N2O4/c1-22(2)13-17(23-16-10-6-7-11-18(16)24(27)28)21(20(26)14-22)19(25)12-15-8-4-3-5-9-15/h3-11,25H,12-14H2,1-2H3/b21-19+,23-17?. The zero-order chi connectivity index (χ0) is 20.3. The summed E-state index contributed by atoms with van der Waals surface area (Å²) in [5, 5.41) is 22.1. The molecule has 0 bridgehead atoms. The van der Waals surface area contributed by atoms with E-state index in [2.05, 4.69) is 4.99 Å². The van der Waals surface area contributed by atoms with Crippen molar-refractivity contribution in [3.63, 3.8) is 0 Å². The van der Waals surface area contributed by atoms with Gasteiger partial charge in [-0.25, -0.2) is 4.99 Å². The number of aliphatic hydroxyl groups excluding tert-OH is 1. The van der Waals surface area contributed by atoms with E-state index in [9.17, 15) is 20.0 Å². The predicted octanol–water partition coefficient (Wildman–Crippen LogP) is 5.11. The number of nitrogens with zero attached hydrogens (tertiary/aromatic N) is 2. The summed E-state index contributed by atoms with van der Waals surface area (Å²) in [5.41, 5.74) is 1.15. The molecule has 1 fully saturated rings. The van der Waals surface area contributed by atoms with Crippen molar-refractivity contribution in [1.82, 2.24) is 0 Å². The molecular formula is C22H22N2O4. The molecule has 0 aliphatic heterocycles. The second-order valence-corrected chi connectivity index (χ2v) is 7.73. The molecule has 0 radical (unpaired) electrons. The van der Waals surface area contributed by atoms with Crippen molar-refractivity contribution in [2.45, 2.75) is 33.1 Å². The number of benzene rings is 2. The van der Waals surface area contributed by atoms with Crippen molar-refractivity contribution in [2.75, 3.05) is 0 Å². The van der Waals surface area contributed by atoms with E-state index in [0.717, 1.165) is 5.56 Å². The Morgan fingerprint density at radius 1 is 1.11 bits per heavy atom. The highest BCUT2D eigenvalue weighted by atomic mass is 16.6. The van der Waals surface area contributed by atoms with Gasteiger partial charge in [0.15, 0.2) is 5.78 Å². The molecule has 144 valence electrons. The van der Waals surface area contributed by atoms with Crippen LogP contribution in [-0.2, 0) is 11.2 Å². The molecular weight excluding hydrogens is 356 g/mol. The Morgan fingerprint density at radius 2 is 1.75 bits per heavy atom. The van der Waals surface area contributed by atoms with Gasteiger partial charge in [-0.05, 0) is 23.5 Å². The first-order valence-electron chi connectivity index (χ1n) is 9.07. The first-order valence-corrected chi connectivity index (χ1v) is 9.07. The van der Waals surface area contributed by atoms with Gasteiger partial charge in [0.25, 0.3) is 5.69 Å². The van der Waals surface area contributed by atoms with Gasteiger partial charge in [0.1, 0.15) is 11.4 Å². The summed E-state index contributed by atoms with van der Waals surface area (Å²) in [7, 11) is 0. The number of nitro groups is 1. The zero-order valence-corrected chi connectivity index (χ0v) is 15.9. The number of allylic oxidation sites excluding steroid dienone is 2. The minimum absolute atomic E-state index is 0.0518. The van der Waals surface area contributed by atoms with Crippen LogP contribution in [0.1, 0.15) is 32.3 Å². The van der Waals surface area contributed by atoms with Crippen LogP contribution in [0.5, 0.6) is 0 Å². The fourth-order valence-electron chi connectivity index (χ4n) is 3.45. The van der Waals surface area contributed by atoms with Crippen molar-refractivity contribution in [3.05, 3.63) is 81.6 Å². The van der Waals surface area contributed by atoms with Crippen LogP contribution in [0.15, 0.2) is 70.9 Å². The Bertz CT molecular complexity index is 975. The van der Waals surface area contributed by atoms with E-state index in [1.54, 1.807) is 18.2 Å². The van der Waals surface area contributed by atoms with Crippen LogP contribution in [0, 0.1) is 15.5 Å². The van der Waals surface area contributed by atoms with Gasteiger partial charge >= 0.3 is 0 Å². The van der Waals surface area contributed by atoms with Gasteiger partial charge in [-0.15, -0.1) is 0 Å². The van der Waals surface area contributed by atoms with Crippen molar-refractivity contribution in [3.8, 4) is 0 Å². The molecule has 0 atom stereocenters. The second kappa shape index (κ2) is 7.76. The quantitative estimate of drug-likeness (QED) is 0.346. The molecule has 1 aliphatic rings. The number of aliphatic hydroxyl groups is 1. The summed E-state index contributed by atoms with van der Waals surface area (Å²) >= 11 is 0. The SMILES string of the molecule is CC1(C)CC(=O)/C(=C(/O)Cc2ccccc2)C(=Nc2ccccc2[N+](=O)[O-])C1. The highest BCUT2D eigenvalue weighted by molar-refractivity contribution is 6.25. The third kappa shape index (κ3) is 4.34. The Morgan fingerprint density at radius 3 is 2.43 bits per heavy atom. The summed E-state index contributed by atoms with van der Waals surface area (Å²) < 4.78 is 0. The van der Waals surface area contributed by atoms with Crippen LogP contribution >= 0.6 is 0 Å². The number of carbonyl (C=O) groups excluding carboxylic acids is 1. The van der Waals surface area contributed by atoms with E-state index in [1.165, 1.54) is 6.07 Å². The number of Topliss-reactive ketones (excluding diaryl/α,β-unsaturated/α-hetero) is 1. The first-order chi connectivity index (χ1) is 13.3. The van der Waals surface area contributed by atoms with Crippen LogP contribution < -0.4 is 0 Å². The summed E-state index contributed by atoms with van der Waals surface area (Å²) in [6.45, 7) is 3.90. The van der Waals surface area contributed by atoms with Gasteiger partial charge in [-0.3, -0.25) is 14.9 Å². The van der Waals surface area contributed by atoms with Crippen LogP contribution in [0.4, 0.5) is 11.4 Å². The van der Waals surface area contributed by atoms with Crippen LogP contribution in [0.2, 0.25) is 0 Å². The molecule has 0 saturated heterocycles. The van der Waals surface area contributed by atoms with Gasteiger partial charge in [-0.1, -0.05) is 56.3 Å². The molecule has 6 nitrogen and oxygen atoms in total. The fraction of sp³-hybridized carbons (Fsp3) is 0.273. The number of carbonyl (C=O) groups is 1. The van der Waals surface area contributed by atoms with E-state index in [1.807, 2.05) is 44.2 Å². The third-order valence-electron chi connectivity index (χ3n) is 4.69. The smallest absolute Gasteiger partial charge is 0.294 e. The van der Waals surface area contributed by atoms with Crippen molar-refractivity contribution >= 4 is 22.9 Å². The normalized spacial score (nSPS) is 19.5. The molecule has 2 aromatic rings. The van der Waals surface area contributed by atoms with Crippen LogP contribution in [-0.4, -0.2) is 21.5 Å². The zero-order valence-electron chi connectivity index (χ0n) is 15.9. The number of hydrogen-bond acceptors (Lipinski definition) is 5. The highest BCUT2D eigenvalue weighted by Gasteiger charge is 2.36. The number of rotatable bonds is 4. The molecule has 0 heterocycles. The fourth-order valence-corrected chi connectivity index (χ4v) is 3.45. The number of para-hydroxylation sites is 2. The maximum absolute atomic E-state index is 12.8. The van der Waals surface area contributed by atoms with Gasteiger partial charge in [0.2, 0.25) is 0 Å². The lowest BCUT2D eigenvalue weighted by molar-refractivity contribution is -0.384. The number of aliphatic imine (C=N–C) groups is 1. The minimum Gasteiger partial charge on any atom is -0.511 e. The molecule has 1 N–H and O–H groups in total. The number of nitro benzene ring substituents is 1. The number of hydrogen-bond donors (Lipinski definition) is 1. The molecule has 3 rings (SSSR count). The Labute approximate surface area is 163 Å². The van der Waals surface area contributed by atoms with Gasteiger partial charge in [-0.2, -0.15) is 0 Å². The Kier molecular flexibility index (Phi) is 5.40. The van der Waals surface area contributed by atoms with Crippen molar-refractivity contribution in [1.29, 1.82) is 0 Å². The maximum atomic E-state index is 12.8. The van der Waals surface area contributed by atoms with Crippen LogP contribution in [0.25, 0.3) is 0 Å². The molecule has 28 heavy (non-hydrogen) atoms. The van der Waals surface area contributed by atoms with Crippen molar-refractivity contribution < 1.29 is 14.8 Å². The molecule has 0 spiro atoms. The van der Waals surface area contributed by atoms with Gasteiger partial charge < -0.3 is 5.11 Å². The molecule has 6 heteroatoms. The molecule has 2 aromatic carbocycles. The highest BCUT2D eigenvalue weighted by Crippen LogP contribution is 2.38. The van der Waals surface area contributed by atoms with E-state index in [4.69, 9.17) is 0 Å². The van der Waals surface area contributed by atoms with Gasteiger partial charge in [0, 0.05) is 18.9 Å². The monoisotopic (exact) mass is 378 g/mol. The topological polar surface area (TPSA) is 92.8 Å². The van der Waals surface area contributed by atoms with E-state index in [-0.39, 0.29) is 46.7 Å². The van der Waals surface area contributed by atoms with Crippen LogP contribution in [0.3, 0.4) is 0 Å². The summed E-state index contributed by atoms with van der Waals surface area (Å²) in [6.07, 6.45) is 0.939. The maximum Gasteiger partial charge on any atom is 0.294 e. The third-order valence-corrected chi connectivity index (χ3v) is 4.69. The van der Waals surface area contributed by atoms with E-state index in [0.29, 0.717) is 12.1 Å².